The smallest absolute Gasteiger partial charge is 0.255 e. The van der Waals surface area contributed by atoms with E-state index in [1.54, 1.807) is 24.3 Å². The summed E-state index contributed by atoms with van der Waals surface area (Å²) < 4.78 is 28.8. The summed E-state index contributed by atoms with van der Waals surface area (Å²) in [5, 5.41) is 12.3. The quantitative estimate of drug-likeness (QED) is 0.819. The van der Waals surface area contributed by atoms with Crippen molar-refractivity contribution in [3.05, 3.63) is 48.0 Å². The number of anilines is 1. The number of benzene rings is 2. The van der Waals surface area contributed by atoms with Gasteiger partial charge in [-0.15, -0.1) is 0 Å². The molecule has 0 saturated carbocycles. The molecule has 1 amide bonds. The van der Waals surface area contributed by atoms with Crippen LogP contribution in [0.2, 0.25) is 0 Å². The predicted molar refractivity (Wildman–Crippen MR) is 86.8 cm³/mol. The maximum atomic E-state index is 12.2. The molecule has 7 heteroatoms. The number of amides is 1. The van der Waals surface area contributed by atoms with Gasteiger partial charge < -0.3 is 15.2 Å². The minimum Gasteiger partial charge on any atom is -0.506 e. The van der Waals surface area contributed by atoms with Crippen LogP contribution in [0, 0.1) is 0 Å². The molecule has 0 spiro atoms. The molecule has 0 aliphatic heterocycles. The van der Waals surface area contributed by atoms with Gasteiger partial charge in [0.05, 0.1) is 23.4 Å². The number of methoxy groups -OCH3 is 1. The molecule has 0 aliphatic rings. The van der Waals surface area contributed by atoms with Crippen LogP contribution >= 0.6 is 0 Å². The summed E-state index contributed by atoms with van der Waals surface area (Å²) in [7, 11) is -1.94. The third kappa shape index (κ3) is 3.81. The summed E-state index contributed by atoms with van der Waals surface area (Å²) in [6, 6.07) is 10.3. The zero-order chi connectivity index (χ0) is 17.0. The molecule has 0 bridgehead atoms. The molecule has 2 N–H and O–H groups in total. The zero-order valence-corrected chi connectivity index (χ0v) is 13.6. The van der Waals surface area contributed by atoms with Gasteiger partial charge in [0.2, 0.25) is 0 Å². The molecule has 23 heavy (non-hydrogen) atoms. The van der Waals surface area contributed by atoms with Gasteiger partial charge in [-0.3, -0.25) is 4.79 Å². The minimum absolute atomic E-state index is 0.0346. The Morgan fingerprint density at radius 1 is 1.22 bits per heavy atom. The highest BCUT2D eigenvalue weighted by molar-refractivity contribution is 7.91. The Kier molecular flexibility index (Phi) is 4.90. The van der Waals surface area contributed by atoms with Crippen molar-refractivity contribution in [1.82, 2.24) is 0 Å². The predicted octanol–water partition coefficient (Wildman–Crippen LogP) is 2.45. The van der Waals surface area contributed by atoms with Crippen molar-refractivity contribution >= 4 is 21.4 Å². The molecule has 0 unspecified atom stereocenters. The first-order valence-corrected chi connectivity index (χ1v) is 8.54. The number of ether oxygens (including phenoxy) is 1. The number of phenols is 1. The van der Waals surface area contributed by atoms with Crippen LogP contribution in [0.3, 0.4) is 0 Å². The van der Waals surface area contributed by atoms with Gasteiger partial charge in [0.25, 0.3) is 5.91 Å². The Bertz CT molecular complexity index is 830. The van der Waals surface area contributed by atoms with Crippen molar-refractivity contribution in [2.75, 3.05) is 18.2 Å². The molecule has 0 aliphatic carbocycles. The van der Waals surface area contributed by atoms with Crippen LogP contribution in [0.15, 0.2) is 47.4 Å². The van der Waals surface area contributed by atoms with Crippen LogP contribution in [0.25, 0.3) is 0 Å². The van der Waals surface area contributed by atoms with Gasteiger partial charge in [-0.1, -0.05) is 13.0 Å². The molecule has 6 nitrogen and oxygen atoms in total. The lowest BCUT2D eigenvalue weighted by Crippen LogP contribution is -2.13. The molecular weight excluding hydrogens is 318 g/mol. The lowest BCUT2D eigenvalue weighted by molar-refractivity contribution is 0.102. The number of hydrogen-bond donors (Lipinski definition) is 2. The highest BCUT2D eigenvalue weighted by atomic mass is 32.2. The SMILES string of the molecule is CCS(=O)(=O)c1ccc(O)c(NC(=O)c2cccc(OC)c2)c1. The largest absolute Gasteiger partial charge is 0.506 e. The van der Waals surface area contributed by atoms with E-state index in [-0.39, 0.29) is 22.1 Å². The maximum absolute atomic E-state index is 12.2. The second-order valence-corrected chi connectivity index (χ2v) is 7.05. The van der Waals surface area contributed by atoms with Gasteiger partial charge in [0, 0.05) is 5.56 Å². The molecular formula is C16H17NO5S. The fourth-order valence-corrected chi connectivity index (χ4v) is 2.84. The lowest BCUT2D eigenvalue weighted by atomic mass is 10.2. The van der Waals surface area contributed by atoms with Crippen LogP contribution in [0.1, 0.15) is 17.3 Å². The number of carbonyl (C=O) groups excluding carboxylic acids is 1. The number of sulfone groups is 1. The third-order valence-corrected chi connectivity index (χ3v) is 5.02. The Hall–Kier alpha value is -2.54. The highest BCUT2D eigenvalue weighted by Crippen LogP contribution is 2.27. The van der Waals surface area contributed by atoms with E-state index in [2.05, 4.69) is 5.32 Å². The number of phenolic OH excluding ortho intramolecular Hbond substituents is 1. The van der Waals surface area contributed by atoms with Crippen LogP contribution in [0.4, 0.5) is 5.69 Å². The van der Waals surface area contributed by atoms with Gasteiger partial charge in [-0.2, -0.15) is 0 Å². The van der Waals surface area contributed by atoms with E-state index in [1.165, 1.54) is 32.2 Å². The van der Waals surface area contributed by atoms with Crippen molar-refractivity contribution < 1.29 is 23.1 Å². The molecule has 0 saturated heterocycles. The summed E-state index contributed by atoms with van der Waals surface area (Å²) in [6.45, 7) is 1.52. The van der Waals surface area contributed by atoms with Gasteiger partial charge in [0.15, 0.2) is 9.84 Å². The van der Waals surface area contributed by atoms with Crippen molar-refractivity contribution in [2.45, 2.75) is 11.8 Å². The number of rotatable bonds is 5. The van der Waals surface area contributed by atoms with Crippen LogP contribution in [0.5, 0.6) is 11.5 Å². The fourth-order valence-electron chi connectivity index (χ4n) is 1.93. The van der Waals surface area contributed by atoms with Gasteiger partial charge in [-0.25, -0.2) is 8.42 Å². The van der Waals surface area contributed by atoms with Gasteiger partial charge in [-0.05, 0) is 36.4 Å². The average Bonchev–Trinajstić information content (AvgIpc) is 2.56. The number of aromatic hydroxyl groups is 1. The topological polar surface area (TPSA) is 92.7 Å². The van der Waals surface area contributed by atoms with Crippen molar-refractivity contribution in [3.8, 4) is 11.5 Å². The minimum atomic E-state index is -3.43. The molecule has 0 radical (unpaired) electrons. The zero-order valence-electron chi connectivity index (χ0n) is 12.7. The van der Waals surface area contributed by atoms with E-state index in [1.807, 2.05) is 0 Å². The molecule has 0 atom stereocenters. The summed E-state index contributed by atoms with van der Waals surface area (Å²) in [5.41, 5.74) is 0.361. The Morgan fingerprint density at radius 3 is 2.61 bits per heavy atom. The highest BCUT2D eigenvalue weighted by Gasteiger charge is 2.16. The van der Waals surface area contributed by atoms with E-state index in [4.69, 9.17) is 4.74 Å². The number of hydrogen-bond acceptors (Lipinski definition) is 5. The summed E-state index contributed by atoms with van der Waals surface area (Å²) >= 11 is 0. The standard InChI is InChI=1S/C16H17NO5S/c1-3-23(20,21)13-7-8-15(18)14(10-13)17-16(19)11-5-4-6-12(9-11)22-2/h4-10,18H,3H2,1-2H3,(H,17,19). The Balaban J connectivity index is 2.32. The first-order chi connectivity index (χ1) is 10.9. The first-order valence-electron chi connectivity index (χ1n) is 6.88. The third-order valence-electron chi connectivity index (χ3n) is 3.29. The molecule has 0 heterocycles. The van der Waals surface area contributed by atoms with E-state index in [0.717, 1.165) is 0 Å². The van der Waals surface area contributed by atoms with Crippen molar-refractivity contribution in [1.29, 1.82) is 0 Å². The average molecular weight is 335 g/mol. The van der Waals surface area contributed by atoms with Gasteiger partial charge >= 0.3 is 0 Å². The normalized spacial score (nSPS) is 11.0. The van der Waals surface area contributed by atoms with Crippen LogP contribution in [-0.2, 0) is 9.84 Å². The van der Waals surface area contributed by atoms with Gasteiger partial charge in [0.1, 0.15) is 11.5 Å². The summed E-state index contributed by atoms with van der Waals surface area (Å²) in [5.74, 6) is -0.244. The van der Waals surface area contributed by atoms with Crippen LogP contribution in [-0.4, -0.2) is 32.3 Å². The van der Waals surface area contributed by atoms with E-state index < -0.39 is 15.7 Å². The van der Waals surface area contributed by atoms with E-state index in [0.29, 0.717) is 11.3 Å². The number of nitrogens with one attached hydrogen (secondary N) is 1. The summed E-state index contributed by atoms with van der Waals surface area (Å²) in [6.07, 6.45) is 0. The fraction of sp³-hybridized carbons (Fsp3) is 0.188. The van der Waals surface area contributed by atoms with E-state index >= 15 is 0 Å². The number of carbonyl (C=O) groups is 1. The van der Waals surface area contributed by atoms with Crippen molar-refractivity contribution in [2.24, 2.45) is 0 Å². The second-order valence-electron chi connectivity index (χ2n) is 4.77. The van der Waals surface area contributed by atoms with Crippen molar-refractivity contribution in [3.63, 3.8) is 0 Å². The van der Waals surface area contributed by atoms with E-state index in [9.17, 15) is 18.3 Å². The lowest BCUT2D eigenvalue weighted by Gasteiger charge is -2.10. The Labute approximate surface area is 134 Å². The molecule has 2 aromatic carbocycles. The Morgan fingerprint density at radius 2 is 1.96 bits per heavy atom. The first kappa shape index (κ1) is 16.8. The summed E-state index contributed by atoms with van der Waals surface area (Å²) in [4.78, 5) is 12.3. The molecule has 0 fully saturated rings. The molecule has 122 valence electrons. The second kappa shape index (κ2) is 6.70. The van der Waals surface area contributed by atoms with Crippen LogP contribution < -0.4 is 10.1 Å². The molecule has 2 rings (SSSR count). The molecule has 2 aromatic rings. The monoisotopic (exact) mass is 335 g/mol. The maximum Gasteiger partial charge on any atom is 0.255 e. The molecule has 0 aromatic heterocycles.